The Bertz CT molecular complexity index is 1040. The second kappa shape index (κ2) is 10.3. The topological polar surface area (TPSA) is 72.8 Å². The van der Waals surface area contributed by atoms with E-state index in [1.165, 1.54) is 24.6 Å². The number of hydrogen-bond acceptors (Lipinski definition) is 5. The van der Waals surface area contributed by atoms with Crippen molar-refractivity contribution in [3.05, 3.63) is 76.8 Å². The molecule has 0 atom stereocenters. The maximum atomic E-state index is 14.2. The van der Waals surface area contributed by atoms with Gasteiger partial charge in [0.15, 0.2) is 0 Å². The Kier molecular flexibility index (Phi) is 8.26. The molecule has 0 amide bonds. The Hall–Kier alpha value is -2.12. The number of carbonyl (C=O) groups is 1. The maximum Gasteiger partial charge on any atom is 0.405 e. The van der Waals surface area contributed by atoms with Crippen molar-refractivity contribution in [2.24, 2.45) is 0 Å². The lowest BCUT2D eigenvalue weighted by Crippen LogP contribution is -2.17. The van der Waals surface area contributed by atoms with Crippen molar-refractivity contribution in [1.82, 2.24) is 0 Å². The molecule has 1 heterocycles. The van der Waals surface area contributed by atoms with Crippen LogP contribution in [0.5, 0.6) is 0 Å². The van der Waals surface area contributed by atoms with E-state index in [1.54, 1.807) is 0 Å². The lowest BCUT2D eigenvalue weighted by Gasteiger charge is -2.24. The minimum Gasteiger partial charge on any atom is -0.477 e. The van der Waals surface area contributed by atoms with Crippen LogP contribution in [0.2, 0.25) is 0 Å². The smallest absolute Gasteiger partial charge is 0.405 e. The van der Waals surface area contributed by atoms with Crippen LogP contribution in [0.15, 0.2) is 54.6 Å². The number of hydrogen-bond donors (Lipinski definition) is 1. The molecule has 1 N–H and O–H groups in total. The fourth-order valence-electron chi connectivity index (χ4n) is 2.58. The van der Waals surface area contributed by atoms with Crippen LogP contribution in [0.4, 0.5) is 8.78 Å². The van der Waals surface area contributed by atoms with Crippen molar-refractivity contribution >= 4 is 35.7 Å². The molecule has 1 radical (unpaired) electrons. The summed E-state index contributed by atoms with van der Waals surface area (Å²) in [6, 6.07) is 16.4. The van der Waals surface area contributed by atoms with Crippen molar-refractivity contribution in [3.63, 3.8) is 0 Å². The number of carboxylic acid groups (broad SMARTS) is 1. The van der Waals surface area contributed by atoms with Gasteiger partial charge in [-0.15, -0.1) is 11.3 Å². The van der Waals surface area contributed by atoms with Gasteiger partial charge in [0.2, 0.25) is 0 Å². The van der Waals surface area contributed by atoms with Gasteiger partial charge in [-0.3, -0.25) is 4.57 Å². The zero-order chi connectivity index (χ0) is 22.4. The highest BCUT2D eigenvalue weighted by Crippen LogP contribution is 2.67. The molecule has 1 aromatic heterocycles. The third-order valence-corrected chi connectivity index (χ3v) is 7.35. The number of alkyl halides is 2. The zero-order valence-corrected chi connectivity index (χ0v) is 18.2. The summed E-state index contributed by atoms with van der Waals surface area (Å²) in [7, 11) is -4.68. The predicted octanol–water partition coefficient (Wildman–Crippen LogP) is 6.78. The van der Waals surface area contributed by atoms with Gasteiger partial charge in [0.1, 0.15) is 4.88 Å². The molecule has 5 nitrogen and oxygen atoms in total. The van der Waals surface area contributed by atoms with Crippen molar-refractivity contribution in [2.45, 2.75) is 19.5 Å². The molecule has 9 heteroatoms. The Labute approximate surface area is 177 Å². The third-order valence-electron chi connectivity index (χ3n) is 3.94. The van der Waals surface area contributed by atoms with E-state index in [4.69, 9.17) is 5.11 Å². The van der Waals surface area contributed by atoms with E-state index < -0.39 is 24.1 Å². The molecule has 3 rings (SSSR count). The maximum absolute atomic E-state index is 14.2. The van der Waals surface area contributed by atoms with Crippen molar-refractivity contribution < 1.29 is 32.3 Å². The first-order valence-electron chi connectivity index (χ1n) is 9.06. The zero-order valence-electron chi connectivity index (χ0n) is 16.5. The van der Waals surface area contributed by atoms with Gasteiger partial charge in [0.05, 0.1) is 18.1 Å². The number of rotatable bonds is 7. The van der Waals surface area contributed by atoms with Crippen LogP contribution in [-0.2, 0) is 19.3 Å². The van der Waals surface area contributed by atoms with Gasteiger partial charge in [0, 0.05) is 0 Å². The van der Waals surface area contributed by atoms with E-state index in [1.807, 2.05) is 24.3 Å². The molecule has 0 aliphatic carbocycles. The van der Waals surface area contributed by atoms with Crippen LogP contribution < -0.4 is 0 Å². The summed E-state index contributed by atoms with van der Waals surface area (Å²) in [4.78, 5) is 9.75. The van der Waals surface area contributed by atoms with E-state index in [9.17, 15) is 18.1 Å². The fraction of sp³-hybridized carbons (Fsp3) is 0.238. The van der Waals surface area contributed by atoms with Gasteiger partial charge in [-0.2, -0.15) is 8.78 Å². The monoisotopic (exact) mass is 455 g/mol. The molecule has 0 bridgehead atoms. The van der Waals surface area contributed by atoms with Gasteiger partial charge in [-0.25, -0.2) is 4.79 Å². The third kappa shape index (κ3) is 5.32. The highest BCUT2D eigenvalue weighted by Gasteiger charge is 2.55. The van der Waals surface area contributed by atoms with Crippen LogP contribution in [0.1, 0.15) is 34.0 Å². The molecule has 0 aliphatic heterocycles. The molecule has 0 fully saturated rings. The standard InChI is InChI=1S/C11H9.C10H13F2O5PS/c1-9-5-4-7-10-6-2-3-8-11(9)10;1-3-16-18(15,17-4-2)10(11,12)8-6-5-7(19-8)9(13)14/h2-8H,1H2;5-6H,3-4H2,1-2H3,(H,13,14). The lowest BCUT2D eigenvalue weighted by molar-refractivity contribution is 0.0391. The Balaban J connectivity index is 0.000000244. The first kappa shape index (κ1) is 24.2. The molecule has 3 aromatic rings. The van der Waals surface area contributed by atoms with E-state index >= 15 is 0 Å². The molecule has 0 unspecified atom stereocenters. The SMILES string of the molecule is CCOP(=O)(OCC)C(F)(F)c1ccc(C(=O)O)s1.[CH2]c1cccc2ccccc12. The Morgan fingerprint density at radius 3 is 2.20 bits per heavy atom. The minimum atomic E-state index is -4.68. The first-order valence-corrected chi connectivity index (χ1v) is 11.4. The van der Waals surface area contributed by atoms with Gasteiger partial charge in [0.25, 0.3) is 0 Å². The number of fused-ring (bicyclic) bond motifs is 1. The Morgan fingerprint density at radius 2 is 1.67 bits per heavy atom. The second-order valence-electron chi connectivity index (χ2n) is 5.98. The molecular formula is C21H22F2O5PS. The van der Waals surface area contributed by atoms with Crippen molar-refractivity contribution in [1.29, 1.82) is 0 Å². The highest BCUT2D eigenvalue weighted by atomic mass is 32.1. The fourth-order valence-corrected chi connectivity index (χ4v) is 5.20. The van der Waals surface area contributed by atoms with E-state index in [0.29, 0.717) is 11.3 Å². The van der Waals surface area contributed by atoms with Crippen LogP contribution in [0.25, 0.3) is 10.8 Å². The summed E-state index contributed by atoms with van der Waals surface area (Å²) in [5, 5.41) is 11.2. The molecule has 161 valence electrons. The summed E-state index contributed by atoms with van der Waals surface area (Å²) < 4.78 is 49.6. The quantitative estimate of drug-likeness (QED) is 0.398. The van der Waals surface area contributed by atoms with Gasteiger partial charge in [-0.1, -0.05) is 42.5 Å². The van der Waals surface area contributed by atoms with E-state index in [-0.39, 0.29) is 18.1 Å². The van der Waals surface area contributed by atoms with E-state index in [0.717, 1.165) is 17.7 Å². The molecule has 30 heavy (non-hydrogen) atoms. The average Bonchev–Trinajstić information content (AvgIpc) is 3.21. The molecule has 2 aromatic carbocycles. The van der Waals surface area contributed by atoms with Gasteiger partial charge < -0.3 is 14.2 Å². The molecule has 0 spiro atoms. The number of carboxylic acids is 1. The van der Waals surface area contributed by atoms with Crippen molar-refractivity contribution in [3.8, 4) is 0 Å². The van der Waals surface area contributed by atoms with E-state index in [2.05, 4.69) is 34.2 Å². The number of thiophene rings is 1. The summed E-state index contributed by atoms with van der Waals surface area (Å²) in [6.45, 7) is 6.37. The summed E-state index contributed by atoms with van der Waals surface area (Å²) >= 11 is 0.345. The summed E-state index contributed by atoms with van der Waals surface area (Å²) in [5.41, 5.74) is -2.78. The van der Waals surface area contributed by atoms with Crippen molar-refractivity contribution in [2.75, 3.05) is 13.2 Å². The van der Waals surface area contributed by atoms with Crippen LogP contribution >= 0.6 is 18.9 Å². The highest BCUT2D eigenvalue weighted by molar-refractivity contribution is 7.55. The summed E-state index contributed by atoms with van der Waals surface area (Å²) in [5.74, 6) is -1.32. The second-order valence-corrected chi connectivity index (χ2v) is 9.14. The lowest BCUT2D eigenvalue weighted by atomic mass is 10.1. The molecule has 0 saturated carbocycles. The molecular weight excluding hydrogens is 433 g/mol. The number of halogens is 2. The van der Waals surface area contributed by atoms with Crippen LogP contribution in [0.3, 0.4) is 0 Å². The Morgan fingerprint density at radius 1 is 1.07 bits per heavy atom. The number of aromatic carboxylic acids is 1. The van der Waals surface area contributed by atoms with Crippen LogP contribution in [-0.4, -0.2) is 24.3 Å². The van der Waals surface area contributed by atoms with Gasteiger partial charge in [-0.05, 0) is 49.2 Å². The largest absolute Gasteiger partial charge is 0.477 e. The molecule has 0 saturated heterocycles. The van der Waals surface area contributed by atoms with Crippen LogP contribution in [0, 0.1) is 6.92 Å². The minimum absolute atomic E-state index is 0.204. The summed E-state index contributed by atoms with van der Waals surface area (Å²) in [6.07, 6.45) is 0. The number of benzene rings is 2. The first-order chi connectivity index (χ1) is 14.2. The van der Waals surface area contributed by atoms with Gasteiger partial charge >= 0.3 is 19.2 Å². The molecule has 0 aliphatic rings. The normalized spacial score (nSPS) is 11.8. The predicted molar refractivity (Wildman–Crippen MR) is 114 cm³/mol. The average molecular weight is 455 g/mol.